The summed E-state index contributed by atoms with van der Waals surface area (Å²) < 4.78 is 28.5. The van der Waals surface area contributed by atoms with Gasteiger partial charge >= 0.3 is 11.9 Å². The van der Waals surface area contributed by atoms with Crippen LogP contribution >= 0.6 is 0 Å². The number of esters is 2. The molecule has 0 saturated heterocycles. The lowest BCUT2D eigenvalue weighted by atomic mass is 9.32. The van der Waals surface area contributed by atoms with E-state index in [1.54, 1.807) is 7.11 Å². The highest BCUT2D eigenvalue weighted by atomic mass is 16.6. The van der Waals surface area contributed by atoms with E-state index in [4.69, 9.17) is 23.7 Å². The van der Waals surface area contributed by atoms with Crippen molar-refractivity contribution in [3.63, 3.8) is 0 Å². The van der Waals surface area contributed by atoms with Crippen LogP contribution < -0.4 is 0 Å². The highest BCUT2D eigenvalue weighted by Gasteiger charge is 2.72. The fraction of sp³-hybridized carbons (Fsp3) is 0.773. The van der Waals surface area contributed by atoms with Crippen LogP contribution in [0, 0.1) is 56.7 Å². The first-order valence-electron chi connectivity index (χ1n) is 19.9. The van der Waals surface area contributed by atoms with Crippen LogP contribution in [-0.2, 0) is 39.9 Å². The fourth-order valence-electron chi connectivity index (χ4n) is 13.3. The number of hydrogen-bond donors (Lipinski definition) is 0. The van der Waals surface area contributed by atoms with E-state index < -0.39 is 5.41 Å². The predicted molar refractivity (Wildman–Crippen MR) is 199 cm³/mol. The number of rotatable bonds is 13. The van der Waals surface area contributed by atoms with E-state index in [1.165, 1.54) is 18.4 Å². The van der Waals surface area contributed by atoms with E-state index in [2.05, 4.69) is 48.1 Å². The summed E-state index contributed by atoms with van der Waals surface area (Å²) in [6, 6.07) is 10.1. The normalized spacial score (nSPS) is 39.5. The van der Waals surface area contributed by atoms with Gasteiger partial charge < -0.3 is 23.7 Å². The maximum Gasteiger partial charge on any atom is 0.332 e. The number of benzene rings is 1. The van der Waals surface area contributed by atoms with Gasteiger partial charge in [-0.2, -0.15) is 0 Å². The molecule has 0 heterocycles. The molecule has 0 spiro atoms. The SMILES string of the molecule is C=C(C)C1CC[C@]2(C(=O)OCc3ccccc3)CC[C@]3(C)C(CCC4[C@@]5(C)CC[C@H](OC(=O)COCCOCCOC)C(C)(C)C5CC[C@]43C)C12. The van der Waals surface area contributed by atoms with Crippen molar-refractivity contribution >= 4 is 11.9 Å². The molecule has 5 aliphatic carbocycles. The van der Waals surface area contributed by atoms with E-state index in [-0.39, 0.29) is 52.2 Å². The van der Waals surface area contributed by atoms with Gasteiger partial charge in [-0.1, -0.05) is 77.1 Å². The molecular formula is C44H66O7. The third-order valence-corrected chi connectivity index (χ3v) is 15.9. The summed E-state index contributed by atoms with van der Waals surface area (Å²) in [6.07, 6.45) is 10.4. The lowest BCUT2D eigenvalue weighted by molar-refractivity contribution is -0.251. The Morgan fingerprint density at radius 2 is 1.51 bits per heavy atom. The molecule has 7 nitrogen and oxygen atoms in total. The van der Waals surface area contributed by atoms with Crippen molar-refractivity contribution in [1.82, 2.24) is 0 Å². The Morgan fingerprint density at radius 1 is 0.784 bits per heavy atom. The van der Waals surface area contributed by atoms with Crippen LogP contribution in [0.25, 0.3) is 0 Å². The Balaban J connectivity index is 1.17. The molecule has 51 heavy (non-hydrogen) atoms. The van der Waals surface area contributed by atoms with E-state index in [1.807, 2.05) is 30.3 Å². The molecular weight excluding hydrogens is 640 g/mol. The summed E-state index contributed by atoms with van der Waals surface area (Å²) in [5.74, 6) is 1.92. The Morgan fingerprint density at radius 3 is 2.24 bits per heavy atom. The van der Waals surface area contributed by atoms with Crippen molar-refractivity contribution in [1.29, 1.82) is 0 Å². The largest absolute Gasteiger partial charge is 0.460 e. The zero-order chi connectivity index (χ0) is 36.7. The molecule has 10 atom stereocenters. The maximum absolute atomic E-state index is 14.3. The first-order chi connectivity index (χ1) is 24.2. The second kappa shape index (κ2) is 14.9. The van der Waals surface area contributed by atoms with Crippen molar-refractivity contribution < 1.29 is 33.3 Å². The maximum atomic E-state index is 14.3. The molecule has 284 valence electrons. The molecule has 5 aliphatic rings. The zero-order valence-corrected chi connectivity index (χ0v) is 32.7. The van der Waals surface area contributed by atoms with Gasteiger partial charge in [-0.15, -0.1) is 0 Å². The number of ether oxygens (including phenoxy) is 5. The van der Waals surface area contributed by atoms with Crippen molar-refractivity contribution in [2.45, 2.75) is 118 Å². The highest BCUT2D eigenvalue weighted by molar-refractivity contribution is 5.78. The number of carbonyl (C=O) groups excluding carboxylic acids is 2. The highest BCUT2D eigenvalue weighted by Crippen LogP contribution is 2.77. The molecule has 5 fully saturated rings. The first kappa shape index (κ1) is 38.5. The summed E-state index contributed by atoms with van der Waals surface area (Å²) in [4.78, 5) is 27.3. The summed E-state index contributed by atoms with van der Waals surface area (Å²) in [5.41, 5.74) is 2.20. The molecule has 0 amide bonds. The summed E-state index contributed by atoms with van der Waals surface area (Å²) in [7, 11) is 1.64. The van der Waals surface area contributed by atoms with Crippen molar-refractivity contribution in [2.75, 3.05) is 40.1 Å². The number of fused-ring (bicyclic) bond motifs is 7. The fourth-order valence-corrected chi connectivity index (χ4v) is 13.3. The lowest BCUT2D eigenvalue weighted by Gasteiger charge is -2.72. The van der Waals surface area contributed by atoms with E-state index in [9.17, 15) is 9.59 Å². The van der Waals surface area contributed by atoms with Crippen LogP contribution in [0.1, 0.15) is 111 Å². The number of hydrogen-bond acceptors (Lipinski definition) is 7. The molecule has 7 heteroatoms. The van der Waals surface area contributed by atoms with Crippen LogP contribution in [-0.4, -0.2) is 58.2 Å². The molecule has 1 aromatic rings. The molecule has 0 N–H and O–H groups in total. The smallest absolute Gasteiger partial charge is 0.332 e. The predicted octanol–water partition coefficient (Wildman–Crippen LogP) is 8.98. The van der Waals surface area contributed by atoms with Gasteiger partial charge in [0.1, 0.15) is 19.3 Å². The number of methoxy groups -OCH3 is 1. The Hall–Kier alpha value is -2.22. The molecule has 0 radical (unpaired) electrons. The van der Waals surface area contributed by atoms with Gasteiger partial charge in [0.25, 0.3) is 0 Å². The lowest BCUT2D eigenvalue weighted by Crippen LogP contribution is -2.67. The number of allylic oxidation sites excluding steroid dienone is 1. The van der Waals surface area contributed by atoms with Gasteiger partial charge in [0.15, 0.2) is 0 Å². The van der Waals surface area contributed by atoms with Crippen molar-refractivity contribution in [2.24, 2.45) is 56.7 Å². The molecule has 0 bridgehead atoms. The summed E-state index contributed by atoms with van der Waals surface area (Å²) in [5, 5.41) is 0. The monoisotopic (exact) mass is 706 g/mol. The second-order valence-corrected chi connectivity index (χ2v) is 18.4. The van der Waals surface area contributed by atoms with Crippen molar-refractivity contribution in [3.8, 4) is 0 Å². The van der Waals surface area contributed by atoms with E-state index in [0.717, 1.165) is 56.9 Å². The molecule has 6 rings (SSSR count). The van der Waals surface area contributed by atoms with Gasteiger partial charge in [-0.25, -0.2) is 4.79 Å². The first-order valence-corrected chi connectivity index (χ1v) is 19.9. The molecule has 5 saturated carbocycles. The van der Waals surface area contributed by atoms with Gasteiger partial charge in [0, 0.05) is 12.5 Å². The topological polar surface area (TPSA) is 80.3 Å². The molecule has 1 aromatic carbocycles. The summed E-state index contributed by atoms with van der Waals surface area (Å²) >= 11 is 0. The minimum Gasteiger partial charge on any atom is -0.460 e. The zero-order valence-electron chi connectivity index (χ0n) is 32.7. The Kier molecular flexibility index (Phi) is 11.2. The third-order valence-electron chi connectivity index (χ3n) is 15.9. The standard InChI is InChI=1S/C44H66O7/c1-30(2)32-16-21-44(39(46)50-28-31-12-10-9-11-13-31)23-22-42(6)33(38(32)44)14-15-35-41(5)19-18-36(40(3,4)34(41)17-20-43(35,42)7)51-37(45)29-49-27-26-48-25-24-47-8/h9-13,32-36,38H,1,14-29H2,2-8H3/t32?,33?,34?,35?,36-,38?,41-,42+,43+,44-/m0/s1. The Bertz CT molecular complexity index is 1410. The van der Waals surface area contributed by atoms with Crippen LogP contribution in [0.15, 0.2) is 42.5 Å². The quantitative estimate of drug-likeness (QED) is 0.115. The van der Waals surface area contributed by atoms with Crippen LogP contribution in [0.3, 0.4) is 0 Å². The molecule has 0 aliphatic heterocycles. The minimum atomic E-state index is -0.419. The third kappa shape index (κ3) is 6.64. The Labute approximate surface area is 307 Å². The van der Waals surface area contributed by atoms with E-state index in [0.29, 0.717) is 56.7 Å². The van der Waals surface area contributed by atoms with Gasteiger partial charge in [0.2, 0.25) is 0 Å². The molecule has 0 aromatic heterocycles. The summed E-state index contributed by atoms with van der Waals surface area (Å²) in [6.45, 7) is 21.4. The minimum absolute atomic E-state index is 0.0283. The van der Waals surface area contributed by atoms with E-state index >= 15 is 0 Å². The molecule has 5 unspecified atom stereocenters. The van der Waals surface area contributed by atoms with Crippen LogP contribution in [0.2, 0.25) is 0 Å². The average molecular weight is 707 g/mol. The van der Waals surface area contributed by atoms with Crippen molar-refractivity contribution in [3.05, 3.63) is 48.0 Å². The van der Waals surface area contributed by atoms with Crippen LogP contribution in [0.4, 0.5) is 0 Å². The van der Waals surface area contributed by atoms with Gasteiger partial charge in [0.05, 0.1) is 31.8 Å². The number of carbonyl (C=O) groups is 2. The van der Waals surface area contributed by atoms with Gasteiger partial charge in [-0.3, -0.25) is 4.79 Å². The van der Waals surface area contributed by atoms with Crippen LogP contribution in [0.5, 0.6) is 0 Å². The van der Waals surface area contributed by atoms with Gasteiger partial charge in [-0.05, 0) is 123 Å². The second-order valence-electron chi connectivity index (χ2n) is 18.4. The average Bonchev–Trinajstić information content (AvgIpc) is 3.50.